The zero-order valence-electron chi connectivity index (χ0n) is 15.9. The van der Waals surface area contributed by atoms with Gasteiger partial charge in [0.05, 0.1) is 7.11 Å². The molecule has 142 valence electrons. The fraction of sp³-hybridized carbons (Fsp3) is 0.190. The van der Waals surface area contributed by atoms with Gasteiger partial charge in [0.2, 0.25) is 5.65 Å². The van der Waals surface area contributed by atoms with Crippen LogP contribution in [0, 0.1) is 13.8 Å². The standard InChI is InChI=1S/C21H20N4O2S/c1-14-4-5-15(2)16(12-14)13-28-21-23-22-19-20(26)24(10-11-25(19)21)17-6-8-18(27-3)9-7-17/h4-12H,13H2,1-3H3. The van der Waals surface area contributed by atoms with Crippen molar-refractivity contribution in [1.29, 1.82) is 0 Å². The largest absolute Gasteiger partial charge is 0.497 e. The van der Waals surface area contributed by atoms with E-state index in [0.717, 1.165) is 17.2 Å². The number of rotatable bonds is 5. The van der Waals surface area contributed by atoms with Crippen LogP contribution in [0.4, 0.5) is 0 Å². The van der Waals surface area contributed by atoms with Crippen molar-refractivity contribution in [2.45, 2.75) is 24.8 Å². The molecule has 0 aliphatic heterocycles. The topological polar surface area (TPSA) is 61.4 Å². The smallest absolute Gasteiger partial charge is 0.300 e. The molecule has 28 heavy (non-hydrogen) atoms. The summed E-state index contributed by atoms with van der Waals surface area (Å²) < 4.78 is 8.48. The number of aromatic nitrogens is 4. The Hall–Kier alpha value is -3.06. The molecule has 0 fully saturated rings. The molecule has 4 aromatic rings. The van der Waals surface area contributed by atoms with Crippen LogP contribution in [0.2, 0.25) is 0 Å². The van der Waals surface area contributed by atoms with Crippen molar-refractivity contribution < 1.29 is 4.74 Å². The SMILES string of the molecule is COc1ccc(-n2ccn3c(SCc4cc(C)ccc4C)nnc3c2=O)cc1. The first-order valence-corrected chi connectivity index (χ1v) is 9.85. The van der Waals surface area contributed by atoms with Crippen molar-refractivity contribution >= 4 is 17.4 Å². The third-order valence-electron chi connectivity index (χ3n) is 4.65. The summed E-state index contributed by atoms with van der Waals surface area (Å²) in [4.78, 5) is 12.9. The van der Waals surface area contributed by atoms with Crippen molar-refractivity contribution in [3.63, 3.8) is 0 Å². The van der Waals surface area contributed by atoms with E-state index in [0.29, 0.717) is 10.8 Å². The van der Waals surface area contributed by atoms with Gasteiger partial charge in [-0.1, -0.05) is 35.5 Å². The molecule has 0 saturated carbocycles. The molecule has 2 aromatic carbocycles. The highest BCUT2D eigenvalue weighted by Gasteiger charge is 2.13. The molecule has 0 aliphatic rings. The Morgan fingerprint density at radius 2 is 1.82 bits per heavy atom. The Labute approximate surface area is 166 Å². The van der Waals surface area contributed by atoms with E-state index < -0.39 is 0 Å². The van der Waals surface area contributed by atoms with E-state index >= 15 is 0 Å². The predicted octanol–water partition coefficient (Wildman–Crippen LogP) is 3.80. The van der Waals surface area contributed by atoms with E-state index in [1.807, 2.05) is 30.5 Å². The number of aryl methyl sites for hydroxylation is 2. The van der Waals surface area contributed by atoms with Crippen LogP contribution in [-0.4, -0.2) is 26.3 Å². The van der Waals surface area contributed by atoms with Gasteiger partial charge < -0.3 is 4.74 Å². The molecule has 0 atom stereocenters. The fourth-order valence-electron chi connectivity index (χ4n) is 3.01. The summed E-state index contributed by atoms with van der Waals surface area (Å²) in [5, 5.41) is 9.06. The van der Waals surface area contributed by atoms with Gasteiger partial charge in [-0.25, -0.2) is 0 Å². The molecule has 0 radical (unpaired) electrons. The number of hydrogen-bond acceptors (Lipinski definition) is 5. The first-order valence-electron chi connectivity index (χ1n) is 8.86. The Bertz CT molecular complexity index is 1200. The van der Waals surface area contributed by atoms with Crippen molar-refractivity contribution in [1.82, 2.24) is 19.2 Å². The Kier molecular flexibility index (Phi) is 4.92. The lowest BCUT2D eigenvalue weighted by Gasteiger charge is -2.08. The van der Waals surface area contributed by atoms with E-state index in [2.05, 4.69) is 42.2 Å². The lowest BCUT2D eigenvalue weighted by atomic mass is 10.1. The molecule has 6 nitrogen and oxygen atoms in total. The van der Waals surface area contributed by atoms with Gasteiger partial charge in [-0.15, -0.1) is 10.2 Å². The molecule has 0 aliphatic carbocycles. The fourth-order valence-corrected chi connectivity index (χ4v) is 3.99. The van der Waals surface area contributed by atoms with Gasteiger partial charge in [-0.3, -0.25) is 13.8 Å². The maximum atomic E-state index is 12.9. The summed E-state index contributed by atoms with van der Waals surface area (Å²) in [6, 6.07) is 13.7. The lowest BCUT2D eigenvalue weighted by Crippen LogP contribution is -2.20. The number of benzene rings is 2. The maximum absolute atomic E-state index is 12.9. The molecule has 0 unspecified atom stereocenters. The quantitative estimate of drug-likeness (QED) is 0.484. The summed E-state index contributed by atoms with van der Waals surface area (Å²) in [6.45, 7) is 4.19. The van der Waals surface area contributed by atoms with E-state index in [1.165, 1.54) is 16.7 Å². The average Bonchev–Trinajstić information content (AvgIpc) is 3.13. The second-order valence-electron chi connectivity index (χ2n) is 6.57. The highest BCUT2D eigenvalue weighted by atomic mass is 32.2. The number of hydrogen-bond donors (Lipinski definition) is 0. The molecular weight excluding hydrogens is 372 g/mol. The third kappa shape index (κ3) is 3.41. The first-order chi connectivity index (χ1) is 13.6. The van der Waals surface area contributed by atoms with Crippen LogP contribution in [0.15, 0.2) is 64.8 Å². The summed E-state index contributed by atoms with van der Waals surface area (Å²) in [5.41, 5.74) is 4.58. The summed E-state index contributed by atoms with van der Waals surface area (Å²) in [7, 11) is 1.61. The number of fused-ring (bicyclic) bond motifs is 1. The van der Waals surface area contributed by atoms with Crippen LogP contribution in [0.5, 0.6) is 5.75 Å². The van der Waals surface area contributed by atoms with Gasteiger partial charge in [0, 0.05) is 23.8 Å². The molecular formula is C21H20N4O2S. The minimum absolute atomic E-state index is 0.209. The highest BCUT2D eigenvalue weighted by Crippen LogP contribution is 2.24. The molecule has 0 saturated heterocycles. The zero-order chi connectivity index (χ0) is 19.7. The second-order valence-corrected chi connectivity index (χ2v) is 7.51. The molecule has 0 N–H and O–H groups in total. The van der Waals surface area contributed by atoms with Crippen LogP contribution >= 0.6 is 11.8 Å². The van der Waals surface area contributed by atoms with E-state index in [9.17, 15) is 4.79 Å². The molecule has 0 amide bonds. The summed E-state index contributed by atoms with van der Waals surface area (Å²) in [6.07, 6.45) is 3.56. The van der Waals surface area contributed by atoms with Crippen LogP contribution in [0.25, 0.3) is 11.3 Å². The zero-order valence-corrected chi connectivity index (χ0v) is 16.7. The average molecular weight is 392 g/mol. The monoisotopic (exact) mass is 392 g/mol. The normalized spacial score (nSPS) is 11.1. The molecule has 0 bridgehead atoms. The number of nitrogens with zero attached hydrogens (tertiary/aromatic N) is 4. The van der Waals surface area contributed by atoms with Crippen molar-refractivity contribution in [3.8, 4) is 11.4 Å². The van der Waals surface area contributed by atoms with E-state index in [4.69, 9.17) is 4.74 Å². The third-order valence-corrected chi connectivity index (χ3v) is 5.64. The van der Waals surface area contributed by atoms with E-state index in [-0.39, 0.29) is 5.56 Å². The predicted molar refractivity (Wildman–Crippen MR) is 111 cm³/mol. The van der Waals surface area contributed by atoms with E-state index in [1.54, 1.807) is 34.0 Å². The van der Waals surface area contributed by atoms with Gasteiger partial charge in [-0.05, 0) is 49.2 Å². The summed E-state index contributed by atoms with van der Waals surface area (Å²) in [5.74, 6) is 1.51. The van der Waals surface area contributed by atoms with Gasteiger partial charge >= 0.3 is 5.56 Å². The van der Waals surface area contributed by atoms with Crippen LogP contribution in [-0.2, 0) is 5.75 Å². The van der Waals surface area contributed by atoms with Gasteiger partial charge in [0.15, 0.2) is 5.16 Å². The van der Waals surface area contributed by atoms with Gasteiger partial charge in [-0.2, -0.15) is 0 Å². The minimum Gasteiger partial charge on any atom is -0.497 e. The summed E-state index contributed by atoms with van der Waals surface area (Å²) >= 11 is 1.57. The van der Waals surface area contributed by atoms with Crippen molar-refractivity contribution in [2.24, 2.45) is 0 Å². The van der Waals surface area contributed by atoms with Crippen molar-refractivity contribution in [3.05, 3.63) is 81.9 Å². The Balaban J connectivity index is 1.64. The number of thioether (sulfide) groups is 1. The minimum atomic E-state index is -0.209. The molecule has 2 heterocycles. The molecule has 7 heteroatoms. The molecule has 4 rings (SSSR count). The number of methoxy groups -OCH3 is 1. The number of ether oxygens (including phenoxy) is 1. The van der Waals surface area contributed by atoms with Gasteiger partial charge in [0.25, 0.3) is 0 Å². The van der Waals surface area contributed by atoms with Crippen molar-refractivity contribution in [2.75, 3.05) is 7.11 Å². The Morgan fingerprint density at radius 1 is 1.04 bits per heavy atom. The highest BCUT2D eigenvalue weighted by molar-refractivity contribution is 7.98. The molecule has 2 aromatic heterocycles. The van der Waals surface area contributed by atoms with Crippen LogP contribution in [0.1, 0.15) is 16.7 Å². The first kappa shape index (κ1) is 18.3. The maximum Gasteiger partial charge on any atom is 0.300 e. The van der Waals surface area contributed by atoms with Gasteiger partial charge in [0.1, 0.15) is 5.75 Å². The molecule has 0 spiro atoms. The van der Waals surface area contributed by atoms with Crippen LogP contribution in [0.3, 0.4) is 0 Å². The lowest BCUT2D eigenvalue weighted by molar-refractivity contribution is 0.414. The second kappa shape index (κ2) is 7.52. The van der Waals surface area contributed by atoms with Crippen LogP contribution < -0.4 is 10.3 Å². The Morgan fingerprint density at radius 3 is 2.57 bits per heavy atom.